The van der Waals surface area contributed by atoms with E-state index in [0.717, 1.165) is 40.1 Å². The Morgan fingerprint density at radius 2 is 1.77 bits per heavy atom. The van der Waals surface area contributed by atoms with E-state index < -0.39 is 0 Å². The minimum Gasteiger partial charge on any atom is -0.497 e. The summed E-state index contributed by atoms with van der Waals surface area (Å²) in [4.78, 5) is 16.9. The maximum atomic E-state index is 12.2. The zero-order chi connectivity index (χ0) is 22.0. The molecule has 0 amide bonds. The molecule has 0 bridgehead atoms. The molecule has 0 unspecified atom stereocenters. The van der Waals surface area contributed by atoms with Crippen molar-refractivity contribution in [3.8, 4) is 22.6 Å². The summed E-state index contributed by atoms with van der Waals surface area (Å²) in [5.74, 6) is 2.17. The van der Waals surface area contributed by atoms with Crippen LogP contribution in [0.3, 0.4) is 0 Å². The molecule has 0 spiro atoms. The summed E-state index contributed by atoms with van der Waals surface area (Å²) < 4.78 is 11.3. The highest BCUT2D eigenvalue weighted by Crippen LogP contribution is 2.37. The molecule has 3 aromatic rings. The molecule has 0 atom stereocenters. The van der Waals surface area contributed by atoms with Crippen LogP contribution in [0.4, 0.5) is 5.69 Å². The van der Waals surface area contributed by atoms with Crippen LogP contribution in [-0.2, 0) is 6.42 Å². The van der Waals surface area contributed by atoms with Gasteiger partial charge in [0, 0.05) is 29.0 Å². The summed E-state index contributed by atoms with van der Waals surface area (Å²) >= 11 is 6.57. The maximum Gasteiger partial charge on any atom is 0.195 e. The lowest BCUT2D eigenvalue weighted by Crippen LogP contribution is -2.14. The van der Waals surface area contributed by atoms with E-state index in [1.54, 1.807) is 7.11 Å². The molecule has 0 saturated carbocycles. The molecule has 5 heteroatoms. The van der Waals surface area contributed by atoms with Crippen LogP contribution in [-0.4, -0.2) is 18.8 Å². The van der Waals surface area contributed by atoms with Gasteiger partial charge in [-0.2, -0.15) is 0 Å². The third-order valence-electron chi connectivity index (χ3n) is 5.49. The summed E-state index contributed by atoms with van der Waals surface area (Å²) in [6.07, 6.45) is 1.94. The number of carbonyl (C=O) groups excluding carboxylic acids is 1. The monoisotopic (exact) mass is 433 g/mol. The smallest absolute Gasteiger partial charge is 0.195 e. The van der Waals surface area contributed by atoms with Crippen molar-refractivity contribution in [3.63, 3.8) is 0 Å². The fourth-order valence-corrected chi connectivity index (χ4v) is 3.99. The minimum absolute atomic E-state index is 0.109. The lowest BCUT2D eigenvalue weighted by molar-refractivity contribution is 0.0987. The molecule has 0 radical (unpaired) electrons. The molecule has 0 saturated heterocycles. The van der Waals surface area contributed by atoms with Gasteiger partial charge in [0.05, 0.1) is 12.8 Å². The number of methoxy groups -OCH3 is 1. The maximum absolute atomic E-state index is 12.2. The van der Waals surface area contributed by atoms with Gasteiger partial charge in [-0.1, -0.05) is 36.7 Å². The van der Waals surface area contributed by atoms with Crippen molar-refractivity contribution in [1.29, 1.82) is 0 Å². The number of carbonyl (C=O) groups is 1. The van der Waals surface area contributed by atoms with Crippen molar-refractivity contribution < 1.29 is 14.3 Å². The summed E-state index contributed by atoms with van der Waals surface area (Å²) in [5, 5.41) is 0.699. The quantitative estimate of drug-likeness (QED) is 0.408. The molecule has 1 aliphatic heterocycles. The van der Waals surface area contributed by atoms with E-state index in [4.69, 9.17) is 26.1 Å². The number of aryl methyl sites for hydroxylation is 2. The Kier molecular flexibility index (Phi) is 6.10. The van der Waals surface area contributed by atoms with Crippen LogP contribution in [0, 0.1) is 6.92 Å². The van der Waals surface area contributed by atoms with Crippen LogP contribution < -0.4 is 9.47 Å². The molecule has 0 fully saturated rings. The van der Waals surface area contributed by atoms with Crippen molar-refractivity contribution in [3.05, 3.63) is 76.3 Å². The Hall–Kier alpha value is -3.11. The zero-order valence-corrected chi connectivity index (χ0v) is 18.6. The van der Waals surface area contributed by atoms with Crippen LogP contribution in [0.1, 0.15) is 41.3 Å². The molecule has 1 aliphatic rings. The van der Waals surface area contributed by atoms with Crippen molar-refractivity contribution in [2.75, 3.05) is 7.11 Å². The first-order chi connectivity index (χ1) is 15.0. The Morgan fingerprint density at radius 3 is 2.48 bits per heavy atom. The number of hydrogen-bond acceptors (Lipinski definition) is 4. The van der Waals surface area contributed by atoms with E-state index in [2.05, 4.69) is 0 Å². The number of halogens is 1. The van der Waals surface area contributed by atoms with Gasteiger partial charge in [0.25, 0.3) is 0 Å². The Bertz CT molecular complexity index is 1170. The number of hydrogen-bond donors (Lipinski definition) is 0. The topological polar surface area (TPSA) is 47.9 Å². The number of Topliss-reactive ketones (excluding diaryl/α,β-unsaturated/α-hetero) is 1. The highest BCUT2D eigenvalue weighted by molar-refractivity contribution is 6.33. The van der Waals surface area contributed by atoms with E-state index in [1.165, 1.54) is 0 Å². The van der Waals surface area contributed by atoms with Gasteiger partial charge in [-0.15, -0.1) is 0 Å². The average Bonchev–Trinajstić information content (AvgIpc) is 2.79. The number of nitrogens with zero attached hydrogens (tertiary/aromatic N) is 1. The normalized spacial score (nSPS) is 12.7. The molecular weight excluding hydrogens is 410 g/mol. The molecule has 158 valence electrons. The largest absolute Gasteiger partial charge is 0.497 e. The van der Waals surface area contributed by atoms with Crippen molar-refractivity contribution >= 4 is 29.0 Å². The van der Waals surface area contributed by atoms with E-state index in [9.17, 15) is 4.79 Å². The van der Waals surface area contributed by atoms with Gasteiger partial charge >= 0.3 is 0 Å². The molecule has 31 heavy (non-hydrogen) atoms. The van der Waals surface area contributed by atoms with E-state index in [-0.39, 0.29) is 5.78 Å². The van der Waals surface area contributed by atoms with E-state index in [0.29, 0.717) is 35.1 Å². The molecule has 0 N–H and O–H groups in total. The average molecular weight is 434 g/mol. The molecule has 0 aromatic heterocycles. The highest BCUT2D eigenvalue weighted by Gasteiger charge is 2.18. The van der Waals surface area contributed by atoms with Gasteiger partial charge in [-0.05, 0) is 66.4 Å². The molecule has 0 aliphatic carbocycles. The summed E-state index contributed by atoms with van der Waals surface area (Å²) in [5.41, 5.74) is 5.52. The molecule has 4 nitrogen and oxygen atoms in total. The SMILES string of the molecule is CCC(=O)c1cc(OC2=Nc3cc(-c4ccc(OC)cc4)c(Cl)cc3CC2)ccc1C. The third-order valence-corrected chi connectivity index (χ3v) is 5.80. The second kappa shape index (κ2) is 8.94. The minimum atomic E-state index is 0.109. The lowest BCUT2D eigenvalue weighted by atomic mass is 9.98. The standard InChI is InChI=1S/C26H24ClNO3/c1-4-25(29)21-14-20(9-5-16(21)2)31-26-12-8-18-13-23(27)22(15-24(18)28-26)17-6-10-19(30-3)11-7-17/h5-7,9-11,13-15H,4,8,12H2,1-3H3. The van der Waals surface area contributed by atoms with Crippen molar-refractivity contribution in [2.24, 2.45) is 4.99 Å². The number of ether oxygens (including phenoxy) is 2. The highest BCUT2D eigenvalue weighted by atomic mass is 35.5. The molecular formula is C26H24ClNO3. The fraction of sp³-hybridized carbons (Fsp3) is 0.231. The van der Waals surface area contributed by atoms with Gasteiger partial charge in [-0.3, -0.25) is 4.79 Å². The van der Waals surface area contributed by atoms with E-state index >= 15 is 0 Å². The summed E-state index contributed by atoms with van der Waals surface area (Å²) in [6, 6.07) is 17.4. The second-order valence-electron chi connectivity index (χ2n) is 7.55. The van der Waals surface area contributed by atoms with Crippen molar-refractivity contribution in [1.82, 2.24) is 0 Å². The summed E-state index contributed by atoms with van der Waals surface area (Å²) in [6.45, 7) is 3.80. The predicted octanol–water partition coefficient (Wildman–Crippen LogP) is 6.97. The Morgan fingerprint density at radius 1 is 1.03 bits per heavy atom. The zero-order valence-electron chi connectivity index (χ0n) is 17.9. The van der Waals surface area contributed by atoms with Gasteiger partial charge in [0.2, 0.25) is 0 Å². The van der Waals surface area contributed by atoms with Gasteiger partial charge in [0.1, 0.15) is 11.5 Å². The van der Waals surface area contributed by atoms with Gasteiger partial charge in [0.15, 0.2) is 11.7 Å². The second-order valence-corrected chi connectivity index (χ2v) is 7.96. The number of fused-ring (bicyclic) bond motifs is 1. The van der Waals surface area contributed by atoms with Crippen LogP contribution in [0.2, 0.25) is 5.02 Å². The number of rotatable bonds is 5. The van der Waals surface area contributed by atoms with Gasteiger partial charge in [-0.25, -0.2) is 4.99 Å². The van der Waals surface area contributed by atoms with Crippen LogP contribution in [0.25, 0.3) is 11.1 Å². The number of ketones is 1. The van der Waals surface area contributed by atoms with Crippen LogP contribution in [0.5, 0.6) is 11.5 Å². The number of benzene rings is 3. The first kappa shape index (κ1) is 21.1. The Labute approximate surface area is 187 Å². The van der Waals surface area contributed by atoms with Crippen LogP contribution >= 0.6 is 11.6 Å². The number of aliphatic imine (C=N–C) groups is 1. The fourth-order valence-electron chi connectivity index (χ4n) is 3.70. The Balaban J connectivity index is 1.64. The summed E-state index contributed by atoms with van der Waals surface area (Å²) in [7, 11) is 1.65. The third kappa shape index (κ3) is 4.49. The van der Waals surface area contributed by atoms with Gasteiger partial charge < -0.3 is 9.47 Å². The molecule has 4 rings (SSSR count). The lowest BCUT2D eigenvalue weighted by Gasteiger charge is -2.18. The molecule has 1 heterocycles. The van der Waals surface area contributed by atoms with E-state index in [1.807, 2.05) is 68.4 Å². The van der Waals surface area contributed by atoms with Crippen molar-refractivity contribution in [2.45, 2.75) is 33.1 Å². The molecule has 3 aromatic carbocycles. The first-order valence-electron chi connectivity index (χ1n) is 10.3. The van der Waals surface area contributed by atoms with Crippen LogP contribution in [0.15, 0.2) is 59.6 Å². The first-order valence-corrected chi connectivity index (χ1v) is 10.7. The predicted molar refractivity (Wildman–Crippen MR) is 125 cm³/mol.